The third kappa shape index (κ3) is 2.76. The molecule has 0 spiro atoms. The van der Waals surface area contributed by atoms with Crippen molar-refractivity contribution in [1.82, 2.24) is 0 Å². The van der Waals surface area contributed by atoms with E-state index in [9.17, 15) is 0 Å². The summed E-state index contributed by atoms with van der Waals surface area (Å²) in [5, 5.41) is 0. The topological polar surface area (TPSA) is 26.0 Å². The second-order valence-electron chi connectivity index (χ2n) is 3.62. The number of rotatable bonds is 5. The Bertz CT molecular complexity index is 260. The summed E-state index contributed by atoms with van der Waals surface area (Å²) in [6.45, 7) is 2.16. The summed E-state index contributed by atoms with van der Waals surface area (Å²) in [4.78, 5) is 0. The normalized spacial score (nSPS) is 15.1. The molecule has 0 aliphatic rings. The lowest BCUT2D eigenvalue weighted by Gasteiger charge is -2.28. The molecule has 0 aliphatic heterocycles. The average Bonchev–Trinajstić information content (AvgIpc) is 2.27. The largest absolute Gasteiger partial charge is 0.321 e. The number of thioether (sulfide) groups is 1. The molecule has 0 fully saturated rings. The van der Waals surface area contributed by atoms with Crippen LogP contribution in [-0.4, -0.2) is 12.0 Å². The van der Waals surface area contributed by atoms with Crippen LogP contribution in [0.25, 0.3) is 0 Å². The van der Waals surface area contributed by atoms with Gasteiger partial charge in [-0.15, -0.1) is 0 Å². The van der Waals surface area contributed by atoms with Crippen LogP contribution in [0.4, 0.5) is 0 Å². The Labute approximate surface area is 91.1 Å². The zero-order valence-electron chi connectivity index (χ0n) is 8.99. The van der Waals surface area contributed by atoms with Crippen LogP contribution in [0.3, 0.4) is 0 Å². The lowest BCUT2D eigenvalue weighted by atomic mass is 9.86. The molecule has 1 rings (SSSR count). The highest BCUT2D eigenvalue weighted by Crippen LogP contribution is 2.26. The maximum absolute atomic E-state index is 6.39. The molecule has 1 nitrogen and oxygen atoms in total. The Morgan fingerprint density at radius 3 is 2.43 bits per heavy atom. The van der Waals surface area contributed by atoms with Gasteiger partial charge in [-0.1, -0.05) is 37.3 Å². The molecular formula is C12H19NS. The Balaban J connectivity index is 2.79. The Hall–Kier alpha value is -0.470. The Morgan fingerprint density at radius 2 is 1.93 bits per heavy atom. The zero-order chi connectivity index (χ0) is 10.4. The van der Waals surface area contributed by atoms with Crippen LogP contribution in [0.2, 0.25) is 0 Å². The Kier molecular flexibility index (Phi) is 4.49. The van der Waals surface area contributed by atoms with Crippen LogP contribution in [0.15, 0.2) is 30.3 Å². The maximum Gasteiger partial charge on any atom is 0.0414 e. The highest BCUT2D eigenvalue weighted by molar-refractivity contribution is 7.98. The van der Waals surface area contributed by atoms with Gasteiger partial charge in [0.2, 0.25) is 0 Å². The van der Waals surface area contributed by atoms with Crippen LogP contribution in [0.5, 0.6) is 0 Å². The van der Waals surface area contributed by atoms with Gasteiger partial charge in [0, 0.05) is 5.54 Å². The number of benzene rings is 1. The summed E-state index contributed by atoms with van der Waals surface area (Å²) in [6, 6.07) is 10.4. The monoisotopic (exact) mass is 209 g/mol. The minimum atomic E-state index is -0.135. The summed E-state index contributed by atoms with van der Waals surface area (Å²) in [5.74, 6) is 1.12. The molecular weight excluding hydrogens is 190 g/mol. The highest BCUT2D eigenvalue weighted by Gasteiger charge is 2.23. The molecule has 78 valence electrons. The van der Waals surface area contributed by atoms with E-state index in [0.29, 0.717) is 0 Å². The standard InChI is InChI=1S/C12H19NS/c1-3-12(13,9-10-14-2)11-7-5-4-6-8-11/h4-8H,3,9-10,13H2,1-2H3. The van der Waals surface area contributed by atoms with E-state index >= 15 is 0 Å². The van der Waals surface area contributed by atoms with Crippen LogP contribution >= 0.6 is 11.8 Å². The van der Waals surface area contributed by atoms with Gasteiger partial charge in [0.1, 0.15) is 0 Å². The van der Waals surface area contributed by atoms with Crippen LogP contribution in [0, 0.1) is 0 Å². The molecule has 1 atom stereocenters. The fraction of sp³-hybridized carbons (Fsp3) is 0.500. The van der Waals surface area contributed by atoms with Crippen molar-refractivity contribution in [3.05, 3.63) is 35.9 Å². The third-order valence-electron chi connectivity index (χ3n) is 2.73. The van der Waals surface area contributed by atoms with E-state index in [1.54, 1.807) is 0 Å². The smallest absolute Gasteiger partial charge is 0.0414 e. The van der Waals surface area contributed by atoms with E-state index in [2.05, 4.69) is 37.4 Å². The van der Waals surface area contributed by atoms with Crippen molar-refractivity contribution in [2.45, 2.75) is 25.3 Å². The summed E-state index contributed by atoms with van der Waals surface area (Å²) in [6.07, 6.45) is 4.17. The van der Waals surface area contributed by atoms with E-state index in [0.717, 1.165) is 18.6 Å². The molecule has 0 saturated carbocycles. The van der Waals surface area contributed by atoms with Crippen LogP contribution in [-0.2, 0) is 5.54 Å². The van der Waals surface area contributed by atoms with E-state index in [4.69, 9.17) is 5.73 Å². The molecule has 2 N–H and O–H groups in total. The molecule has 1 aromatic rings. The zero-order valence-corrected chi connectivity index (χ0v) is 9.81. The van der Waals surface area contributed by atoms with Crippen molar-refractivity contribution in [2.24, 2.45) is 5.73 Å². The number of nitrogens with two attached hydrogens (primary N) is 1. The van der Waals surface area contributed by atoms with Gasteiger partial charge < -0.3 is 5.73 Å². The third-order valence-corrected chi connectivity index (χ3v) is 3.34. The molecule has 0 heterocycles. The van der Waals surface area contributed by atoms with Crippen molar-refractivity contribution in [1.29, 1.82) is 0 Å². The molecule has 0 amide bonds. The molecule has 0 aromatic heterocycles. The predicted octanol–water partition coefficient (Wildman–Crippen LogP) is 3.00. The molecule has 0 aliphatic carbocycles. The van der Waals surface area contributed by atoms with Gasteiger partial charge in [0.15, 0.2) is 0 Å². The second-order valence-corrected chi connectivity index (χ2v) is 4.60. The van der Waals surface area contributed by atoms with Gasteiger partial charge >= 0.3 is 0 Å². The maximum atomic E-state index is 6.39. The minimum Gasteiger partial charge on any atom is -0.321 e. The summed E-state index contributed by atoms with van der Waals surface area (Å²) < 4.78 is 0. The first-order valence-electron chi connectivity index (χ1n) is 5.06. The van der Waals surface area contributed by atoms with Crippen molar-refractivity contribution in [2.75, 3.05) is 12.0 Å². The fourth-order valence-corrected chi connectivity index (χ4v) is 2.15. The second kappa shape index (κ2) is 5.42. The highest BCUT2D eigenvalue weighted by atomic mass is 32.2. The minimum absolute atomic E-state index is 0.135. The first-order valence-corrected chi connectivity index (χ1v) is 6.45. The van der Waals surface area contributed by atoms with Gasteiger partial charge in [0.05, 0.1) is 0 Å². The lowest BCUT2D eigenvalue weighted by molar-refractivity contribution is 0.416. The van der Waals surface area contributed by atoms with Crippen molar-refractivity contribution in [3.63, 3.8) is 0 Å². The summed E-state index contributed by atoms with van der Waals surface area (Å²) in [7, 11) is 0. The molecule has 1 unspecified atom stereocenters. The average molecular weight is 209 g/mol. The van der Waals surface area contributed by atoms with Crippen molar-refractivity contribution in [3.8, 4) is 0 Å². The first-order chi connectivity index (χ1) is 6.73. The summed E-state index contributed by atoms with van der Waals surface area (Å²) >= 11 is 1.86. The van der Waals surface area contributed by atoms with E-state index in [1.807, 2.05) is 17.8 Å². The molecule has 1 aromatic carbocycles. The molecule has 0 saturated heterocycles. The van der Waals surface area contributed by atoms with E-state index in [1.165, 1.54) is 5.56 Å². The molecule has 2 heteroatoms. The van der Waals surface area contributed by atoms with Gasteiger partial charge in [-0.2, -0.15) is 11.8 Å². The van der Waals surface area contributed by atoms with Gasteiger partial charge in [-0.05, 0) is 30.4 Å². The van der Waals surface area contributed by atoms with Crippen molar-refractivity contribution >= 4 is 11.8 Å². The van der Waals surface area contributed by atoms with Gasteiger partial charge in [-0.3, -0.25) is 0 Å². The quantitative estimate of drug-likeness (QED) is 0.806. The van der Waals surface area contributed by atoms with Gasteiger partial charge in [0.25, 0.3) is 0 Å². The van der Waals surface area contributed by atoms with Crippen molar-refractivity contribution < 1.29 is 0 Å². The number of hydrogen-bond donors (Lipinski definition) is 1. The van der Waals surface area contributed by atoms with E-state index in [-0.39, 0.29) is 5.54 Å². The predicted molar refractivity (Wildman–Crippen MR) is 65.6 cm³/mol. The first kappa shape index (κ1) is 11.6. The lowest BCUT2D eigenvalue weighted by Crippen LogP contribution is -2.36. The SMILES string of the molecule is CCC(N)(CCSC)c1ccccc1. The van der Waals surface area contributed by atoms with E-state index < -0.39 is 0 Å². The fourth-order valence-electron chi connectivity index (χ4n) is 1.58. The molecule has 0 bridgehead atoms. The molecule has 0 radical (unpaired) electrons. The van der Waals surface area contributed by atoms with Crippen LogP contribution in [0.1, 0.15) is 25.3 Å². The summed E-state index contributed by atoms with van der Waals surface area (Å²) in [5.41, 5.74) is 7.52. The molecule has 14 heavy (non-hydrogen) atoms. The number of hydrogen-bond acceptors (Lipinski definition) is 2. The Morgan fingerprint density at radius 1 is 1.29 bits per heavy atom. The van der Waals surface area contributed by atoms with Gasteiger partial charge in [-0.25, -0.2) is 0 Å². The van der Waals surface area contributed by atoms with Crippen LogP contribution < -0.4 is 5.73 Å².